The van der Waals surface area contributed by atoms with Gasteiger partial charge >= 0.3 is 6.18 Å². The summed E-state index contributed by atoms with van der Waals surface area (Å²) in [4.78, 5) is 0. The summed E-state index contributed by atoms with van der Waals surface area (Å²) in [7, 11) is 1.37. The Morgan fingerprint density at radius 3 is 2.00 bits per heavy atom. The maximum absolute atomic E-state index is 12.1. The summed E-state index contributed by atoms with van der Waals surface area (Å²) in [6, 6.07) is -1.28. The van der Waals surface area contributed by atoms with Crippen LogP contribution in [0.2, 0.25) is 0 Å². The third-order valence-corrected chi connectivity index (χ3v) is 2.28. The van der Waals surface area contributed by atoms with E-state index < -0.39 is 12.2 Å². The van der Waals surface area contributed by atoms with E-state index in [1.165, 1.54) is 7.05 Å². The van der Waals surface area contributed by atoms with Crippen molar-refractivity contribution in [3.8, 4) is 0 Å². The van der Waals surface area contributed by atoms with Gasteiger partial charge in [-0.1, -0.05) is 6.42 Å². The highest BCUT2D eigenvalue weighted by Gasteiger charge is 2.45. The number of alkyl halides is 3. The Morgan fingerprint density at radius 1 is 1.36 bits per heavy atom. The van der Waals surface area contributed by atoms with Crippen LogP contribution >= 0.6 is 0 Å². The first-order valence-corrected chi connectivity index (χ1v) is 3.79. The molecule has 66 valence electrons. The normalized spacial score (nSPS) is 22.9. The van der Waals surface area contributed by atoms with Crippen LogP contribution in [0.4, 0.5) is 13.2 Å². The third-order valence-electron chi connectivity index (χ3n) is 2.28. The average Bonchev–Trinajstić information content (AvgIpc) is 1.74. The Bertz CT molecular complexity index is 128. The molecule has 1 atom stereocenters. The second-order valence-corrected chi connectivity index (χ2v) is 3.00. The quantitative estimate of drug-likeness (QED) is 0.662. The van der Waals surface area contributed by atoms with E-state index in [0.717, 1.165) is 6.42 Å². The van der Waals surface area contributed by atoms with Gasteiger partial charge in [-0.2, -0.15) is 13.2 Å². The van der Waals surface area contributed by atoms with Gasteiger partial charge in [0.15, 0.2) is 0 Å². The molecule has 0 aromatic heterocycles. The molecule has 0 spiro atoms. The second-order valence-electron chi connectivity index (χ2n) is 3.00. The summed E-state index contributed by atoms with van der Waals surface area (Å²) in [5, 5.41) is 2.32. The molecule has 4 heteroatoms. The van der Waals surface area contributed by atoms with Crippen LogP contribution in [0.5, 0.6) is 0 Å². The molecule has 1 N–H and O–H groups in total. The molecule has 0 unspecified atom stereocenters. The smallest absolute Gasteiger partial charge is 0.309 e. The molecule has 0 aliphatic heterocycles. The largest absolute Gasteiger partial charge is 0.404 e. The minimum absolute atomic E-state index is 0.181. The van der Waals surface area contributed by atoms with Crippen LogP contribution in [0.1, 0.15) is 19.3 Å². The summed E-state index contributed by atoms with van der Waals surface area (Å²) in [6.07, 6.45) is -1.70. The van der Waals surface area contributed by atoms with E-state index in [1.807, 2.05) is 0 Å². The first-order valence-electron chi connectivity index (χ1n) is 3.79. The van der Waals surface area contributed by atoms with E-state index in [9.17, 15) is 13.2 Å². The Kier molecular flexibility index (Phi) is 2.42. The lowest BCUT2D eigenvalue weighted by molar-refractivity contribution is -0.172. The van der Waals surface area contributed by atoms with E-state index in [1.54, 1.807) is 0 Å². The topological polar surface area (TPSA) is 12.0 Å². The molecule has 1 nitrogen and oxygen atoms in total. The molecule has 0 saturated heterocycles. The van der Waals surface area contributed by atoms with Gasteiger partial charge in [0.1, 0.15) is 6.04 Å². The summed E-state index contributed by atoms with van der Waals surface area (Å²) in [5.74, 6) is -0.181. The van der Waals surface area contributed by atoms with Gasteiger partial charge in [-0.15, -0.1) is 0 Å². The highest BCUT2D eigenvalue weighted by atomic mass is 19.4. The summed E-state index contributed by atoms with van der Waals surface area (Å²) in [5.41, 5.74) is 0. The molecule has 1 aliphatic rings. The first kappa shape index (κ1) is 8.84. The molecule has 1 aliphatic carbocycles. The van der Waals surface area contributed by atoms with Gasteiger partial charge in [-0.25, -0.2) is 0 Å². The lowest BCUT2D eigenvalue weighted by Crippen LogP contribution is -2.48. The van der Waals surface area contributed by atoms with Gasteiger partial charge in [0.05, 0.1) is 0 Å². The summed E-state index contributed by atoms with van der Waals surface area (Å²) >= 11 is 0. The molecule has 1 fully saturated rings. The van der Waals surface area contributed by atoms with Crippen molar-refractivity contribution in [1.29, 1.82) is 0 Å². The fourth-order valence-corrected chi connectivity index (χ4v) is 1.44. The van der Waals surface area contributed by atoms with Crippen molar-refractivity contribution in [2.24, 2.45) is 5.92 Å². The van der Waals surface area contributed by atoms with E-state index in [4.69, 9.17) is 0 Å². The molecular weight excluding hydrogens is 155 g/mol. The van der Waals surface area contributed by atoms with Crippen LogP contribution in [-0.2, 0) is 0 Å². The Labute approximate surface area is 64.0 Å². The lowest BCUT2D eigenvalue weighted by atomic mass is 9.79. The van der Waals surface area contributed by atoms with E-state index in [0.29, 0.717) is 12.8 Å². The zero-order valence-electron chi connectivity index (χ0n) is 6.41. The van der Waals surface area contributed by atoms with Gasteiger partial charge in [0.2, 0.25) is 0 Å². The molecule has 1 saturated carbocycles. The highest BCUT2D eigenvalue weighted by molar-refractivity contribution is 4.86. The fourth-order valence-electron chi connectivity index (χ4n) is 1.44. The molecule has 0 aromatic rings. The zero-order chi connectivity index (χ0) is 8.48. The van der Waals surface area contributed by atoms with Gasteiger partial charge in [-0.05, 0) is 25.8 Å². The number of nitrogens with one attached hydrogen (secondary N) is 1. The van der Waals surface area contributed by atoms with Gasteiger partial charge in [0.25, 0.3) is 0 Å². The molecule has 1 rings (SSSR count). The average molecular weight is 167 g/mol. The summed E-state index contributed by atoms with van der Waals surface area (Å²) in [6.45, 7) is 0. The number of rotatable bonds is 2. The third kappa shape index (κ3) is 1.86. The minimum atomic E-state index is -4.07. The van der Waals surface area contributed by atoms with Gasteiger partial charge in [0, 0.05) is 0 Å². The van der Waals surface area contributed by atoms with E-state index in [-0.39, 0.29) is 5.92 Å². The van der Waals surface area contributed by atoms with Gasteiger partial charge < -0.3 is 5.32 Å². The standard InChI is InChI=1S/C7H12F3N/c1-11-6(7(8,9)10)5-3-2-4-5/h5-6,11H,2-4H2,1H3/t6-/m0/s1. The minimum Gasteiger partial charge on any atom is -0.309 e. The fraction of sp³-hybridized carbons (Fsp3) is 1.00. The maximum atomic E-state index is 12.1. The van der Waals surface area contributed by atoms with Crippen LogP contribution < -0.4 is 5.32 Å². The molecule has 0 amide bonds. The number of hydrogen-bond acceptors (Lipinski definition) is 1. The highest BCUT2D eigenvalue weighted by Crippen LogP contribution is 2.36. The number of hydrogen-bond donors (Lipinski definition) is 1. The SMILES string of the molecule is CN[C@@H](C1CCC1)C(F)(F)F. The Morgan fingerprint density at radius 2 is 1.91 bits per heavy atom. The van der Waals surface area contributed by atoms with Gasteiger partial charge in [-0.3, -0.25) is 0 Å². The Balaban J connectivity index is 2.48. The van der Waals surface area contributed by atoms with Crippen LogP contribution in [0.25, 0.3) is 0 Å². The van der Waals surface area contributed by atoms with Crippen molar-refractivity contribution in [2.45, 2.75) is 31.5 Å². The molecule has 0 bridgehead atoms. The van der Waals surface area contributed by atoms with Crippen molar-refractivity contribution in [3.05, 3.63) is 0 Å². The molecular formula is C7H12F3N. The van der Waals surface area contributed by atoms with Crippen LogP contribution in [0, 0.1) is 5.92 Å². The maximum Gasteiger partial charge on any atom is 0.404 e. The number of halogens is 3. The lowest BCUT2D eigenvalue weighted by Gasteiger charge is -2.34. The van der Waals surface area contributed by atoms with Crippen molar-refractivity contribution in [1.82, 2.24) is 5.32 Å². The van der Waals surface area contributed by atoms with Crippen LogP contribution in [0.15, 0.2) is 0 Å². The monoisotopic (exact) mass is 167 g/mol. The van der Waals surface area contributed by atoms with Crippen molar-refractivity contribution in [2.75, 3.05) is 7.05 Å². The zero-order valence-corrected chi connectivity index (χ0v) is 6.41. The summed E-state index contributed by atoms with van der Waals surface area (Å²) < 4.78 is 36.4. The van der Waals surface area contributed by atoms with Crippen molar-refractivity contribution >= 4 is 0 Å². The van der Waals surface area contributed by atoms with Crippen LogP contribution in [0.3, 0.4) is 0 Å². The molecule has 0 radical (unpaired) electrons. The van der Waals surface area contributed by atoms with Crippen molar-refractivity contribution < 1.29 is 13.2 Å². The molecule has 11 heavy (non-hydrogen) atoms. The van der Waals surface area contributed by atoms with Crippen LogP contribution in [-0.4, -0.2) is 19.3 Å². The molecule has 0 aromatic carbocycles. The predicted molar refractivity (Wildman–Crippen MR) is 36.2 cm³/mol. The Hall–Kier alpha value is -0.250. The molecule has 0 heterocycles. The van der Waals surface area contributed by atoms with E-state index >= 15 is 0 Å². The second kappa shape index (κ2) is 3.01. The van der Waals surface area contributed by atoms with E-state index in [2.05, 4.69) is 5.32 Å². The first-order chi connectivity index (χ1) is 5.05. The predicted octanol–water partition coefficient (Wildman–Crippen LogP) is 1.94. The van der Waals surface area contributed by atoms with Crippen molar-refractivity contribution in [3.63, 3.8) is 0 Å².